The Morgan fingerprint density at radius 2 is 1.94 bits per heavy atom. The maximum Gasteiger partial charge on any atom is 0.0860 e. The van der Waals surface area contributed by atoms with Crippen molar-refractivity contribution in [3.05, 3.63) is 35.9 Å². The number of hydroxylamine groups is 1. The van der Waals surface area contributed by atoms with Gasteiger partial charge < -0.3 is 0 Å². The third kappa shape index (κ3) is 4.43. The maximum atomic E-state index is 9.06. The lowest BCUT2D eigenvalue weighted by molar-refractivity contribution is -0.0727. The van der Waals surface area contributed by atoms with Gasteiger partial charge >= 0.3 is 0 Å². The van der Waals surface area contributed by atoms with Crippen LogP contribution < -0.4 is 5.48 Å². The van der Waals surface area contributed by atoms with E-state index in [4.69, 9.17) is 10.1 Å². The van der Waals surface area contributed by atoms with Gasteiger partial charge in [-0.15, -0.1) is 0 Å². The van der Waals surface area contributed by atoms with E-state index in [1.807, 2.05) is 51.1 Å². The third-order valence-electron chi connectivity index (χ3n) is 2.02. The van der Waals surface area contributed by atoms with Crippen molar-refractivity contribution in [2.24, 2.45) is 0 Å². The van der Waals surface area contributed by atoms with E-state index in [9.17, 15) is 0 Å². The fraction of sp³-hybridized carbons (Fsp3) is 0.462. The van der Waals surface area contributed by atoms with Crippen LogP contribution in [0.2, 0.25) is 0 Å². The minimum Gasteiger partial charge on any atom is -0.296 e. The summed E-state index contributed by atoms with van der Waals surface area (Å²) in [6.45, 7) is 6.38. The summed E-state index contributed by atoms with van der Waals surface area (Å²) in [5.74, 6) is -0.177. The summed E-state index contributed by atoms with van der Waals surface area (Å²) in [5, 5.41) is 9.06. The summed E-state index contributed by atoms with van der Waals surface area (Å²) in [4.78, 5) is 5.38. The van der Waals surface area contributed by atoms with Gasteiger partial charge in [0.25, 0.3) is 0 Å². The van der Waals surface area contributed by atoms with Crippen molar-refractivity contribution >= 4 is 0 Å². The molecule has 0 fully saturated rings. The van der Waals surface area contributed by atoms with E-state index in [-0.39, 0.29) is 11.5 Å². The van der Waals surface area contributed by atoms with E-state index in [1.165, 1.54) is 0 Å². The van der Waals surface area contributed by atoms with E-state index < -0.39 is 0 Å². The zero-order valence-electron chi connectivity index (χ0n) is 10.0. The molecule has 3 heteroatoms. The number of benzene rings is 1. The molecule has 1 unspecified atom stereocenters. The average molecular weight is 218 g/mol. The van der Waals surface area contributed by atoms with Gasteiger partial charge in [0.2, 0.25) is 0 Å². The predicted octanol–water partition coefficient (Wildman–Crippen LogP) is 2.61. The quantitative estimate of drug-likeness (QED) is 0.790. The fourth-order valence-corrected chi connectivity index (χ4v) is 1.26. The van der Waals surface area contributed by atoms with Crippen molar-refractivity contribution in [1.82, 2.24) is 5.48 Å². The van der Waals surface area contributed by atoms with Crippen LogP contribution in [0.1, 0.15) is 32.3 Å². The highest BCUT2D eigenvalue weighted by molar-refractivity contribution is 5.24. The average Bonchev–Trinajstić information content (AvgIpc) is 2.24. The van der Waals surface area contributed by atoms with Crippen molar-refractivity contribution in [1.29, 1.82) is 5.26 Å². The van der Waals surface area contributed by atoms with Crippen LogP contribution in [-0.2, 0) is 4.84 Å². The summed E-state index contributed by atoms with van der Waals surface area (Å²) in [6.07, 6.45) is 0. The molecule has 3 nitrogen and oxygen atoms in total. The van der Waals surface area contributed by atoms with E-state index in [1.54, 1.807) is 0 Å². The van der Waals surface area contributed by atoms with Gasteiger partial charge in [0, 0.05) is 6.54 Å². The Balaban J connectivity index is 2.49. The van der Waals surface area contributed by atoms with Crippen LogP contribution in [0.4, 0.5) is 0 Å². The van der Waals surface area contributed by atoms with Crippen LogP contribution in [0.25, 0.3) is 0 Å². The zero-order valence-corrected chi connectivity index (χ0v) is 10.0. The molecule has 0 aliphatic heterocycles. The van der Waals surface area contributed by atoms with Crippen molar-refractivity contribution in [2.75, 3.05) is 6.54 Å². The van der Waals surface area contributed by atoms with Crippen LogP contribution in [-0.4, -0.2) is 12.1 Å². The first-order valence-electron chi connectivity index (χ1n) is 5.38. The number of nitriles is 1. The number of hydrogen-bond donors (Lipinski definition) is 1. The molecule has 0 aliphatic rings. The standard InChI is InChI=1S/C13H18N2O/c1-13(2,3)16-15-10-12(9-14)11-7-5-4-6-8-11/h4-8,12,15H,10H2,1-3H3. The first-order chi connectivity index (χ1) is 7.53. The van der Waals surface area contributed by atoms with Crippen molar-refractivity contribution in [2.45, 2.75) is 32.3 Å². The van der Waals surface area contributed by atoms with Gasteiger partial charge in [-0.2, -0.15) is 5.26 Å². The number of rotatable bonds is 4. The Morgan fingerprint density at radius 3 is 2.44 bits per heavy atom. The molecule has 1 atom stereocenters. The summed E-state index contributed by atoms with van der Waals surface area (Å²) in [7, 11) is 0. The van der Waals surface area contributed by atoms with E-state index in [2.05, 4.69) is 11.5 Å². The minimum absolute atomic E-state index is 0.177. The Hall–Kier alpha value is -1.37. The maximum absolute atomic E-state index is 9.06. The molecular weight excluding hydrogens is 200 g/mol. The highest BCUT2D eigenvalue weighted by atomic mass is 16.7. The van der Waals surface area contributed by atoms with Crippen LogP contribution in [0.3, 0.4) is 0 Å². The SMILES string of the molecule is CC(C)(C)ONCC(C#N)c1ccccc1. The number of nitrogens with one attached hydrogen (secondary N) is 1. The smallest absolute Gasteiger partial charge is 0.0860 e. The topological polar surface area (TPSA) is 45.0 Å². The molecule has 1 aromatic rings. The Kier molecular flexibility index (Phi) is 4.48. The van der Waals surface area contributed by atoms with Crippen LogP contribution in [0.15, 0.2) is 30.3 Å². The molecule has 0 saturated carbocycles. The predicted molar refractivity (Wildman–Crippen MR) is 63.6 cm³/mol. The summed E-state index contributed by atoms with van der Waals surface area (Å²) in [5.41, 5.74) is 3.62. The van der Waals surface area contributed by atoms with Crippen molar-refractivity contribution in [3.63, 3.8) is 0 Å². The molecule has 0 aliphatic carbocycles. The molecule has 1 N–H and O–H groups in total. The lowest BCUT2D eigenvalue weighted by atomic mass is 10.0. The molecule has 0 saturated heterocycles. The lowest BCUT2D eigenvalue weighted by Gasteiger charge is -2.20. The molecular formula is C13H18N2O. The second-order valence-electron chi connectivity index (χ2n) is 4.66. The van der Waals surface area contributed by atoms with Gasteiger partial charge in [0.05, 0.1) is 17.6 Å². The molecule has 1 aromatic carbocycles. The molecule has 0 heterocycles. The summed E-state index contributed by atoms with van der Waals surface area (Å²) in [6, 6.07) is 12.0. The van der Waals surface area contributed by atoms with Gasteiger partial charge in [-0.05, 0) is 26.3 Å². The lowest BCUT2D eigenvalue weighted by Crippen LogP contribution is -2.31. The molecule has 0 aromatic heterocycles. The molecule has 0 bridgehead atoms. The highest BCUT2D eigenvalue weighted by Crippen LogP contribution is 2.13. The van der Waals surface area contributed by atoms with Gasteiger partial charge in [0.15, 0.2) is 0 Å². The van der Waals surface area contributed by atoms with Crippen molar-refractivity contribution < 1.29 is 4.84 Å². The van der Waals surface area contributed by atoms with Gasteiger partial charge in [-0.25, -0.2) is 5.48 Å². The Labute approximate surface area is 97.0 Å². The fourth-order valence-electron chi connectivity index (χ4n) is 1.26. The van der Waals surface area contributed by atoms with Gasteiger partial charge in [-0.1, -0.05) is 30.3 Å². The number of nitrogens with zero attached hydrogens (tertiary/aromatic N) is 1. The molecule has 1 rings (SSSR count). The molecule has 16 heavy (non-hydrogen) atoms. The number of hydrogen-bond acceptors (Lipinski definition) is 3. The van der Waals surface area contributed by atoms with Crippen LogP contribution >= 0.6 is 0 Å². The van der Waals surface area contributed by atoms with Crippen LogP contribution in [0, 0.1) is 11.3 Å². The normalized spacial score (nSPS) is 13.1. The molecule has 0 amide bonds. The summed E-state index contributed by atoms with van der Waals surface area (Å²) < 4.78 is 0. The second kappa shape index (κ2) is 5.64. The van der Waals surface area contributed by atoms with E-state index >= 15 is 0 Å². The van der Waals surface area contributed by atoms with Gasteiger partial charge in [-0.3, -0.25) is 4.84 Å². The van der Waals surface area contributed by atoms with Crippen molar-refractivity contribution in [3.8, 4) is 6.07 Å². The summed E-state index contributed by atoms with van der Waals surface area (Å²) >= 11 is 0. The van der Waals surface area contributed by atoms with E-state index in [0.29, 0.717) is 6.54 Å². The first-order valence-corrected chi connectivity index (χ1v) is 5.38. The monoisotopic (exact) mass is 218 g/mol. The van der Waals surface area contributed by atoms with Gasteiger partial charge in [0.1, 0.15) is 0 Å². The molecule has 86 valence electrons. The molecule has 0 spiro atoms. The molecule has 0 radical (unpaired) electrons. The second-order valence-corrected chi connectivity index (χ2v) is 4.66. The third-order valence-corrected chi connectivity index (χ3v) is 2.02. The minimum atomic E-state index is -0.239. The largest absolute Gasteiger partial charge is 0.296 e. The highest BCUT2D eigenvalue weighted by Gasteiger charge is 2.13. The van der Waals surface area contributed by atoms with E-state index in [0.717, 1.165) is 5.56 Å². The zero-order chi connectivity index (χ0) is 12.0. The first kappa shape index (κ1) is 12.7. The van der Waals surface area contributed by atoms with Crippen LogP contribution in [0.5, 0.6) is 0 Å². The Bertz CT molecular complexity index is 348. The Morgan fingerprint density at radius 1 is 1.31 bits per heavy atom.